The molecule has 0 bridgehead atoms. The second-order valence-electron chi connectivity index (χ2n) is 5.17. The highest BCUT2D eigenvalue weighted by atomic mass is 35.5. The van der Waals surface area contributed by atoms with Gasteiger partial charge in [0.15, 0.2) is 0 Å². The standard InChI is InChI=1S/C13H16Cl2N2O/c1-9(2)16-10-6-4-5-7-17(10)11(18)12(3)8-13(12,14)15/h4-7,9H,8H2,1-3H3. The Balaban J connectivity index is 2.45. The Kier molecular flexibility index (Phi) is 3.32. The smallest absolute Gasteiger partial charge is 0.241 e. The number of aromatic nitrogens is 1. The first-order valence-electron chi connectivity index (χ1n) is 5.92. The molecule has 0 amide bonds. The second kappa shape index (κ2) is 4.39. The molecule has 1 aromatic heterocycles. The van der Waals surface area contributed by atoms with Gasteiger partial charge in [-0.2, -0.15) is 0 Å². The van der Waals surface area contributed by atoms with E-state index in [-0.39, 0.29) is 11.9 Å². The number of hydrogen-bond acceptors (Lipinski definition) is 2. The lowest BCUT2D eigenvalue weighted by molar-refractivity contribution is 0.0817. The number of hydrogen-bond donors (Lipinski definition) is 0. The van der Waals surface area contributed by atoms with Crippen molar-refractivity contribution >= 4 is 29.1 Å². The van der Waals surface area contributed by atoms with Crippen LogP contribution in [0, 0.1) is 5.41 Å². The lowest BCUT2D eigenvalue weighted by atomic mass is 10.1. The van der Waals surface area contributed by atoms with Gasteiger partial charge in [0.25, 0.3) is 0 Å². The van der Waals surface area contributed by atoms with Crippen molar-refractivity contribution in [2.75, 3.05) is 0 Å². The van der Waals surface area contributed by atoms with Crippen molar-refractivity contribution in [1.29, 1.82) is 0 Å². The number of pyridine rings is 1. The first-order valence-corrected chi connectivity index (χ1v) is 6.68. The molecule has 0 radical (unpaired) electrons. The maximum absolute atomic E-state index is 12.5. The van der Waals surface area contributed by atoms with E-state index in [1.165, 1.54) is 4.57 Å². The van der Waals surface area contributed by atoms with Gasteiger partial charge in [0.1, 0.15) is 9.82 Å². The minimum atomic E-state index is -0.956. The fraction of sp³-hybridized carbons (Fsp3) is 0.538. The summed E-state index contributed by atoms with van der Waals surface area (Å²) in [5, 5.41) is 0. The third-order valence-electron chi connectivity index (χ3n) is 3.18. The van der Waals surface area contributed by atoms with E-state index in [2.05, 4.69) is 4.99 Å². The van der Waals surface area contributed by atoms with Crippen LogP contribution in [0.1, 0.15) is 32.0 Å². The lowest BCUT2D eigenvalue weighted by Crippen LogP contribution is -2.34. The van der Waals surface area contributed by atoms with Crippen molar-refractivity contribution in [1.82, 2.24) is 4.57 Å². The predicted octanol–water partition coefficient (Wildman–Crippen LogP) is 3.02. The van der Waals surface area contributed by atoms with Crippen molar-refractivity contribution in [3.05, 3.63) is 29.9 Å². The predicted molar refractivity (Wildman–Crippen MR) is 72.9 cm³/mol. The number of alkyl halides is 2. The van der Waals surface area contributed by atoms with Gasteiger partial charge in [-0.15, -0.1) is 23.2 Å². The number of nitrogens with zero attached hydrogens (tertiary/aromatic N) is 2. The highest BCUT2D eigenvalue weighted by molar-refractivity contribution is 6.53. The molecule has 3 nitrogen and oxygen atoms in total. The summed E-state index contributed by atoms with van der Waals surface area (Å²) in [4.78, 5) is 16.9. The molecule has 0 N–H and O–H groups in total. The summed E-state index contributed by atoms with van der Waals surface area (Å²) in [6, 6.07) is 5.59. The molecule has 98 valence electrons. The Labute approximate surface area is 116 Å². The van der Waals surface area contributed by atoms with Gasteiger partial charge in [-0.1, -0.05) is 6.07 Å². The van der Waals surface area contributed by atoms with E-state index in [4.69, 9.17) is 23.2 Å². The Morgan fingerprint density at radius 2 is 2.06 bits per heavy atom. The van der Waals surface area contributed by atoms with E-state index in [1.807, 2.05) is 26.0 Å². The van der Waals surface area contributed by atoms with E-state index < -0.39 is 9.75 Å². The molecule has 1 atom stereocenters. The zero-order valence-corrected chi connectivity index (χ0v) is 12.2. The molecule has 0 aliphatic heterocycles. The molecule has 1 aromatic rings. The fourth-order valence-corrected chi connectivity index (χ4v) is 2.57. The van der Waals surface area contributed by atoms with Crippen LogP contribution < -0.4 is 5.49 Å². The summed E-state index contributed by atoms with van der Waals surface area (Å²) in [5.74, 6) is -0.104. The maximum atomic E-state index is 12.5. The first kappa shape index (κ1) is 13.6. The summed E-state index contributed by atoms with van der Waals surface area (Å²) >= 11 is 12.1. The number of carbonyl (C=O) groups excluding carboxylic acids is 1. The van der Waals surface area contributed by atoms with Crippen molar-refractivity contribution in [3.8, 4) is 0 Å². The van der Waals surface area contributed by atoms with Gasteiger partial charge in [-0.05, 0) is 39.3 Å². The Morgan fingerprint density at radius 3 is 2.56 bits per heavy atom. The van der Waals surface area contributed by atoms with Crippen LogP contribution in [0.5, 0.6) is 0 Å². The zero-order chi connectivity index (χ0) is 13.6. The topological polar surface area (TPSA) is 34.4 Å². The van der Waals surface area contributed by atoms with Crippen molar-refractivity contribution in [2.45, 2.75) is 37.6 Å². The van der Waals surface area contributed by atoms with Crippen LogP contribution >= 0.6 is 23.2 Å². The number of carbonyl (C=O) groups is 1. The lowest BCUT2D eigenvalue weighted by Gasteiger charge is -2.13. The molecule has 1 unspecified atom stereocenters. The Morgan fingerprint density at radius 1 is 1.44 bits per heavy atom. The van der Waals surface area contributed by atoms with Crippen LogP contribution in [-0.2, 0) is 0 Å². The number of rotatable bonds is 2. The van der Waals surface area contributed by atoms with Gasteiger partial charge in [0, 0.05) is 12.2 Å². The minimum Gasteiger partial charge on any atom is -0.273 e. The Bertz CT molecular complexity index is 548. The summed E-state index contributed by atoms with van der Waals surface area (Å²) in [5.41, 5.74) is -0.0848. The normalized spacial score (nSPS) is 26.4. The van der Waals surface area contributed by atoms with Gasteiger partial charge in [-0.25, -0.2) is 0 Å². The average Bonchev–Trinajstić information content (AvgIpc) is 2.78. The van der Waals surface area contributed by atoms with Crippen LogP contribution in [0.3, 0.4) is 0 Å². The minimum absolute atomic E-state index is 0.104. The highest BCUT2D eigenvalue weighted by Gasteiger charge is 2.68. The van der Waals surface area contributed by atoms with Gasteiger partial charge in [-0.3, -0.25) is 14.4 Å². The third kappa shape index (κ3) is 2.21. The molecule has 1 aliphatic rings. The molecule has 5 heteroatoms. The summed E-state index contributed by atoms with van der Waals surface area (Å²) < 4.78 is 0.578. The van der Waals surface area contributed by atoms with Gasteiger partial charge in [0.05, 0.1) is 5.41 Å². The Hall–Kier alpha value is -0.800. The highest BCUT2D eigenvalue weighted by Crippen LogP contribution is 2.64. The van der Waals surface area contributed by atoms with Crippen LogP contribution in [0.15, 0.2) is 29.4 Å². The van der Waals surface area contributed by atoms with Crippen LogP contribution in [0.4, 0.5) is 0 Å². The molecule has 1 fully saturated rings. The molecule has 18 heavy (non-hydrogen) atoms. The summed E-state index contributed by atoms with van der Waals surface area (Å²) in [7, 11) is 0. The van der Waals surface area contributed by atoms with E-state index >= 15 is 0 Å². The molecule has 1 heterocycles. The summed E-state index contributed by atoms with van der Waals surface area (Å²) in [6.07, 6.45) is 2.18. The van der Waals surface area contributed by atoms with Crippen LogP contribution in [0.2, 0.25) is 0 Å². The van der Waals surface area contributed by atoms with Gasteiger partial charge in [0.2, 0.25) is 5.91 Å². The van der Waals surface area contributed by atoms with Gasteiger partial charge < -0.3 is 0 Å². The fourth-order valence-electron chi connectivity index (χ4n) is 1.87. The quantitative estimate of drug-likeness (QED) is 0.770. The van der Waals surface area contributed by atoms with Crippen molar-refractivity contribution in [2.24, 2.45) is 10.4 Å². The van der Waals surface area contributed by atoms with E-state index in [0.29, 0.717) is 11.9 Å². The average molecular weight is 287 g/mol. The van der Waals surface area contributed by atoms with Crippen molar-refractivity contribution < 1.29 is 4.79 Å². The van der Waals surface area contributed by atoms with Crippen LogP contribution in [0.25, 0.3) is 0 Å². The zero-order valence-electron chi connectivity index (χ0n) is 10.7. The monoisotopic (exact) mass is 286 g/mol. The molecular formula is C13H16Cl2N2O. The molecular weight excluding hydrogens is 271 g/mol. The van der Waals surface area contributed by atoms with Gasteiger partial charge >= 0.3 is 0 Å². The molecule has 1 aliphatic carbocycles. The van der Waals surface area contributed by atoms with E-state index in [0.717, 1.165) is 0 Å². The molecule has 0 saturated heterocycles. The molecule has 2 rings (SSSR count). The number of halogens is 2. The largest absolute Gasteiger partial charge is 0.273 e. The SMILES string of the molecule is CC(C)N=c1ccccn1C(=O)C1(C)CC1(Cl)Cl. The van der Waals surface area contributed by atoms with E-state index in [1.54, 1.807) is 19.2 Å². The van der Waals surface area contributed by atoms with Crippen LogP contribution in [-0.4, -0.2) is 20.8 Å². The third-order valence-corrected chi connectivity index (χ3v) is 4.28. The van der Waals surface area contributed by atoms with E-state index in [9.17, 15) is 4.79 Å². The maximum Gasteiger partial charge on any atom is 0.241 e. The molecule has 0 spiro atoms. The first-order chi connectivity index (χ1) is 8.28. The second-order valence-corrected chi connectivity index (χ2v) is 6.65. The van der Waals surface area contributed by atoms with Crippen molar-refractivity contribution in [3.63, 3.8) is 0 Å². The molecule has 1 saturated carbocycles. The summed E-state index contributed by atoms with van der Waals surface area (Å²) in [6.45, 7) is 5.72. The molecule has 0 aromatic carbocycles.